The summed E-state index contributed by atoms with van der Waals surface area (Å²) >= 11 is 8.41. The van der Waals surface area contributed by atoms with Crippen molar-refractivity contribution in [3.63, 3.8) is 0 Å². The smallest absolute Gasteiger partial charge is 0.123 e. The van der Waals surface area contributed by atoms with E-state index >= 15 is 0 Å². The van der Waals surface area contributed by atoms with Crippen LogP contribution in [0.3, 0.4) is 0 Å². The first kappa shape index (κ1) is 13.8. The molecule has 2 aromatic carbocycles. The molecule has 0 aliphatic carbocycles. The van der Waals surface area contributed by atoms with E-state index < -0.39 is 0 Å². The molecule has 0 spiro atoms. The van der Waals surface area contributed by atoms with E-state index in [4.69, 9.17) is 11.6 Å². The van der Waals surface area contributed by atoms with Crippen molar-refractivity contribution in [1.29, 1.82) is 0 Å². The van der Waals surface area contributed by atoms with Gasteiger partial charge in [-0.25, -0.2) is 4.39 Å². The SMILES string of the molecule is CNC(c1cccc(I)c1)c1cc(F)ccc1Cl. The van der Waals surface area contributed by atoms with Crippen molar-refractivity contribution in [2.45, 2.75) is 6.04 Å². The summed E-state index contributed by atoms with van der Waals surface area (Å²) in [5.74, 6) is -0.278. The highest BCUT2D eigenvalue weighted by Crippen LogP contribution is 2.29. The number of hydrogen-bond donors (Lipinski definition) is 1. The lowest BCUT2D eigenvalue weighted by Crippen LogP contribution is -2.18. The number of hydrogen-bond acceptors (Lipinski definition) is 1. The first-order valence-electron chi connectivity index (χ1n) is 5.49. The number of benzene rings is 2. The molecular formula is C14H12ClFIN. The second-order valence-corrected chi connectivity index (χ2v) is 5.60. The fraction of sp³-hybridized carbons (Fsp3) is 0.143. The van der Waals surface area contributed by atoms with Crippen LogP contribution >= 0.6 is 34.2 Å². The van der Waals surface area contributed by atoms with E-state index in [1.165, 1.54) is 12.1 Å². The lowest BCUT2D eigenvalue weighted by Gasteiger charge is -2.19. The fourth-order valence-corrected chi connectivity index (χ4v) is 2.72. The van der Waals surface area contributed by atoms with Gasteiger partial charge in [0.2, 0.25) is 0 Å². The molecule has 0 radical (unpaired) electrons. The summed E-state index contributed by atoms with van der Waals surface area (Å²) in [7, 11) is 1.84. The number of halogens is 3. The Hall–Kier alpha value is -0.650. The largest absolute Gasteiger partial charge is 0.309 e. The van der Waals surface area contributed by atoms with Crippen LogP contribution in [0.1, 0.15) is 17.2 Å². The topological polar surface area (TPSA) is 12.0 Å². The molecule has 1 N–H and O–H groups in total. The Morgan fingerprint density at radius 3 is 2.67 bits per heavy atom. The Morgan fingerprint density at radius 2 is 2.00 bits per heavy atom. The first-order valence-corrected chi connectivity index (χ1v) is 6.95. The molecule has 0 amide bonds. The van der Waals surface area contributed by atoms with Crippen molar-refractivity contribution < 1.29 is 4.39 Å². The highest BCUT2D eigenvalue weighted by Gasteiger charge is 2.16. The van der Waals surface area contributed by atoms with Crippen molar-refractivity contribution >= 4 is 34.2 Å². The molecule has 94 valence electrons. The Bertz CT molecular complexity index is 559. The zero-order valence-corrected chi connectivity index (χ0v) is 12.7. The van der Waals surface area contributed by atoms with Crippen LogP contribution in [0.5, 0.6) is 0 Å². The number of rotatable bonds is 3. The molecule has 0 saturated carbocycles. The van der Waals surface area contributed by atoms with E-state index in [-0.39, 0.29) is 11.9 Å². The molecule has 0 aliphatic rings. The van der Waals surface area contributed by atoms with E-state index in [9.17, 15) is 4.39 Å². The molecule has 4 heteroatoms. The molecule has 2 aromatic rings. The molecule has 0 saturated heterocycles. The Morgan fingerprint density at radius 1 is 1.22 bits per heavy atom. The van der Waals surface area contributed by atoms with Gasteiger partial charge in [0.1, 0.15) is 5.82 Å². The Kier molecular flexibility index (Phi) is 4.59. The predicted molar refractivity (Wildman–Crippen MR) is 81.5 cm³/mol. The van der Waals surface area contributed by atoms with Gasteiger partial charge in [0.25, 0.3) is 0 Å². The van der Waals surface area contributed by atoms with Crippen LogP contribution < -0.4 is 5.32 Å². The van der Waals surface area contributed by atoms with Gasteiger partial charge in [-0.05, 0) is 71.1 Å². The van der Waals surface area contributed by atoms with Crippen LogP contribution in [0.2, 0.25) is 5.02 Å². The Labute approximate surface area is 124 Å². The molecular weight excluding hydrogens is 364 g/mol. The monoisotopic (exact) mass is 375 g/mol. The summed E-state index contributed by atoms with van der Waals surface area (Å²) < 4.78 is 14.5. The minimum Gasteiger partial charge on any atom is -0.309 e. The maximum atomic E-state index is 13.4. The summed E-state index contributed by atoms with van der Waals surface area (Å²) in [5.41, 5.74) is 1.82. The minimum absolute atomic E-state index is 0.108. The third kappa shape index (κ3) is 3.02. The molecule has 0 bridgehead atoms. The van der Waals surface area contributed by atoms with Gasteiger partial charge in [0, 0.05) is 8.59 Å². The maximum Gasteiger partial charge on any atom is 0.123 e. The standard InChI is InChI=1S/C14H12ClFIN/c1-18-14(9-3-2-4-11(17)7-9)12-8-10(16)5-6-13(12)15/h2-8,14,18H,1H3. The van der Waals surface area contributed by atoms with Crippen molar-refractivity contribution in [1.82, 2.24) is 5.32 Å². The predicted octanol–water partition coefficient (Wildman–Crippen LogP) is 4.39. The highest BCUT2D eigenvalue weighted by molar-refractivity contribution is 14.1. The van der Waals surface area contributed by atoms with Gasteiger partial charge in [-0.3, -0.25) is 0 Å². The van der Waals surface area contributed by atoms with Gasteiger partial charge in [-0.15, -0.1) is 0 Å². The van der Waals surface area contributed by atoms with Crippen LogP contribution in [0, 0.1) is 9.39 Å². The molecule has 1 nitrogen and oxygen atoms in total. The van der Waals surface area contributed by atoms with E-state index in [0.29, 0.717) is 5.02 Å². The second-order valence-electron chi connectivity index (χ2n) is 3.94. The number of nitrogens with one attached hydrogen (secondary N) is 1. The molecule has 1 unspecified atom stereocenters. The van der Waals surface area contributed by atoms with Gasteiger partial charge < -0.3 is 5.32 Å². The maximum absolute atomic E-state index is 13.4. The molecule has 0 heterocycles. The molecule has 0 fully saturated rings. The average Bonchev–Trinajstić information content (AvgIpc) is 2.35. The van der Waals surface area contributed by atoms with Crippen LogP contribution in [0.4, 0.5) is 4.39 Å². The van der Waals surface area contributed by atoms with E-state index in [2.05, 4.69) is 34.0 Å². The molecule has 0 aromatic heterocycles. The summed E-state index contributed by atoms with van der Waals surface area (Å²) in [6, 6.07) is 12.4. The second kappa shape index (κ2) is 5.99. The van der Waals surface area contributed by atoms with E-state index in [1.807, 2.05) is 25.2 Å². The third-order valence-corrected chi connectivity index (χ3v) is 3.75. The van der Waals surface area contributed by atoms with Crippen molar-refractivity contribution in [3.05, 3.63) is 68.0 Å². The zero-order chi connectivity index (χ0) is 13.1. The van der Waals surface area contributed by atoms with Crippen molar-refractivity contribution in [2.75, 3.05) is 7.05 Å². The molecule has 0 aliphatic heterocycles. The van der Waals surface area contributed by atoms with E-state index in [0.717, 1.165) is 14.7 Å². The van der Waals surface area contributed by atoms with Crippen LogP contribution in [-0.2, 0) is 0 Å². The van der Waals surface area contributed by atoms with Crippen LogP contribution in [-0.4, -0.2) is 7.05 Å². The summed E-state index contributed by atoms with van der Waals surface area (Å²) in [4.78, 5) is 0. The molecule has 18 heavy (non-hydrogen) atoms. The summed E-state index contributed by atoms with van der Waals surface area (Å²) in [6.45, 7) is 0. The van der Waals surface area contributed by atoms with Gasteiger partial charge in [0.05, 0.1) is 6.04 Å². The first-order chi connectivity index (χ1) is 8.61. The van der Waals surface area contributed by atoms with Gasteiger partial charge in [-0.1, -0.05) is 23.7 Å². The van der Waals surface area contributed by atoms with Gasteiger partial charge in [0.15, 0.2) is 0 Å². The van der Waals surface area contributed by atoms with Crippen LogP contribution in [0.25, 0.3) is 0 Å². The van der Waals surface area contributed by atoms with Gasteiger partial charge >= 0.3 is 0 Å². The lowest BCUT2D eigenvalue weighted by atomic mass is 9.99. The summed E-state index contributed by atoms with van der Waals surface area (Å²) in [5, 5.41) is 3.74. The fourth-order valence-electron chi connectivity index (χ4n) is 1.92. The normalized spacial score (nSPS) is 12.4. The third-order valence-electron chi connectivity index (χ3n) is 2.74. The van der Waals surface area contributed by atoms with Gasteiger partial charge in [-0.2, -0.15) is 0 Å². The lowest BCUT2D eigenvalue weighted by molar-refractivity contribution is 0.617. The average molecular weight is 376 g/mol. The van der Waals surface area contributed by atoms with Crippen LogP contribution in [0.15, 0.2) is 42.5 Å². The minimum atomic E-state index is -0.278. The van der Waals surface area contributed by atoms with Crippen molar-refractivity contribution in [3.8, 4) is 0 Å². The van der Waals surface area contributed by atoms with E-state index in [1.54, 1.807) is 6.07 Å². The molecule has 2 rings (SSSR count). The zero-order valence-electron chi connectivity index (χ0n) is 9.75. The van der Waals surface area contributed by atoms with Crippen molar-refractivity contribution in [2.24, 2.45) is 0 Å². The quantitative estimate of drug-likeness (QED) is 0.785. The highest BCUT2D eigenvalue weighted by atomic mass is 127. The summed E-state index contributed by atoms with van der Waals surface area (Å²) in [6.07, 6.45) is 0. The molecule has 1 atom stereocenters. The Balaban J connectivity index is 2.48.